The van der Waals surface area contributed by atoms with E-state index < -0.39 is 0 Å². The summed E-state index contributed by atoms with van der Waals surface area (Å²) in [5.41, 5.74) is 1.05. The van der Waals surface area contributed by atoms with Gasteiger partial charge in [-0.1, -0.05) is 6.07 Å². The summed E-state index contributed by atoms with van der Waals surface area (Å²) in [6, 6.07) is 4.49. The van der Waals surface area contributed by atoms with Crippen LogP contribution in [0.2, 0.25) is 0 Å². The lowest BCUT2D eigenvalue weighted by molar-refractivity contribution is -0.127. The Bertz CT molecular complexity index is 715. The van der Waals surface area contributed by atoms with E-state index in [1.165, 1.54) is 0 Å². The van der Waals surface area contributed by atoms with Gasteiger partial charge in [0.05, 0.1) is 5.92 Å². The van der Waals surface area contributed by atoms with E-state index in [1.807, 2.05) is 29.9 Å². The smallest absolute Gasteiger partial charge is 0.224 e. The minimum atomic E-state index is 0.104. The highest BCUT2D eigenvalue weighted by Gasteiger charge is 2.31. The van der Waals surface area contributed by atoms with Crippen LogP contribution in [0.5, 0.6) is 0 Å². The van der Waals surface area contributed by atoms with E-state index in [0.717, 1.165) is 62.6 Å². The number of likely N-dealkylation sites (tertiary alicyclic amines) is 1. The Hall–Kier alpha value is -1.99. The van der Waals surface area contributed by atoms with E-state index in [4.69, 9.17) is 0 Å². The van der Waals surface area contributed by atoms with Crippen LogP contribution in [0.25, 0.3) is 0 Å². The molecule has 2 fully saturated rings. The summed E-state index contributed by atoms with van der Waals surface area (Å²) in [6.07, 6.45) is 9.86. The van der Waals surface area contributed by atoms with Crippen molar-refractivity contribution in [3.63, 3.8) is 0 Å². The zero-order valence-electron chi connectivity index (χ0n) is 15.6. The molecule has 0 saturated carbocycles. The molecule has 0 aromatic carbocycles. The van der Waals surface area contributed by atoms with Gasteiger partial charge in [0.25, 0.3) is 0 Å². The number of amides is 1. The highest BCUT2D eigenvalue weighted by atomic mass is 32.1. The zero-order valence-corrected chi connectivity index (χ0v) is 16.4. The molecule has 4 heterocycles. The quantitative estimate of drug-likeness (QED) is 0.857. The largest absolute Gasteiger partial charge is 0.352 e. The topological polar surface area (TPSA) is 61.4 Å². The molecular formula is C20H27N5OS. The standard InChI is InChI=1S/C20H27N5OS/c26-19(23-14-16-3-1-7-21-13-16)17-4-2-9-25(15-17)18-5-10-24(11-6-18)20-22-8-12-27-20/h1,3,7-8,12-13,17-18H,2,4-6,9-11,14-15H2,(H,23,26)/t17-/m1/s1. The van der Waals surface area contributed by atoms with Crippen molar-refractivity contribution in [3.05, 3.63) is 41.7 Å². The second-order valence-electron chi connectivity index (χ2n) is 7.45. The zero-order chi connectivity index (χ0) is 18.5. The lowest BCUT2D eigenvalue weighted by atomic mass is 9.93. The maximum atomic E-state index is 12.6. The maximum absolute atomic E-state index is 12.6. The predicted octanol–water partition coefficient (Wildman–Crippen LogP) is 2.54. The minimum absolute atomic E-state index is 0.104. The highest BCUT2D eigenvalue weighted by Crippen LogP contribution is 2.27. The summed E-state index contributed by atoms with van der Waals surface area (Å²) in [5.74, 6) is 0.288. The molecule has 4 rings (SSSR count). The number of carbonyl (C=O) groups excluding carboxylic acids is 1. The van der Waals surface area contributed by atoms with Crippen LogP contribution in [0.3, 0.4) is 0 Å². The van der Waals surface area contributed by atoms with Crippen LogP contribution in [-0.4, -0.2) is 53.0 Å². The lowest BCUT2D eigenvalue weighted by Crippen LogP contribution is -2.50. The van der Waals surface area contributed by atoms with Gasteiger partial charge in [0.15, 0.2) is 5.13 Å². The molecule has 0 bridgehead atoms. The van der Waals surface area contributed by atoms with Crippen molar-refractivity contribution < 1.29 is 4.79 Å². The number of pyridine rings is 1. The van der Waals surface area contributed by atoms with Crippen LogP contribution in [0.4, 0.5) is 5.13 Å². The first-order chi connectivity index (χ1) is 13.3. The molecule has 2 aliphatic heterocycles. The molecular weight excluding hydrogens is 358 g/mol. The normalized spacial score (nSPS) is 21.9. The first-order valence-corrected chi connectivity index (χ1v) is 10.7. The van der Waals surface area contributed by atoms with Crippen LogP contribution in [0.1, 0.15) is 31.2 Å². The van der Waals surface area contributed by atoms with Gasteiger partial charge in [0.2, 0.25) is 5.91 Å². The Kier molecular flexibility index (Phi) is 5.99. The number of rotatable bonds is 5. The van der Waals surface area contributed by atoms with Gasteiger partial charge in [-0.05, 0) is 43.9 Å². The molecule has 27 heavy (non-hydrogen) atoms. The molecule has 2 aromatic rings. The lowest BCUT2D eigenvalue weighted by Gasteiger charge is -2.42. The third-order valence-corrected chi connectivity index (χ3v) is 6.52. The third-order valence-electron chi connectivity index (χ3n) is 5.68. The van der Waals surface area contributed by atoms with E-state index in [9.17, 15) is 4.79 Å². The van der Waals surface area contributed by atoms with Crippen LogP contribution in [-0.2, 0) is 11.3 Å². The number of hydrogen-bond donors (Lipinski definition) is 1. The van der Waals surface area contributed by atoms with Crippen LogP contribution < -0.4 is 10.2 Å². The van der Waals surface area contributed by atoms with Gasteiger partial charge in [-0.15, -0.1) is 11.3 Å². The van der Waals surface area contributed by atoms with Gasteiger partial charge in [0, 0.05) is 56.2 Å². The van der Waals surface area contributed by atoms with E-state index in [0.29, 0.717) is 12.6 Å². The summed E-state index contributed by atoms with van der Waals surface area (Å²) in [6.45, 7) is 4.70. The average Bonchev–Trinajstić information content (AvgIpc) is 3.28. The second kappa shape index (κ2) is 8.80. The Labute approximate surface area is 164 Å². The SMILES string of the molecule is O=C(NCc1cccnc1)[C@@H]1CCCN(C2CCN(c3nccs3)CC2)C1. The highest BCUT2D eigenvalue weighted by molar-refractivity contribution is 7.13. The van der Waals surface area contributed by atoms with Gasteiger partial charge in [-0.3, -0.25) is 14.7 Å². The van der Waals surface area contributed by atoms with Crippen molar-refractivity contribution in [3.8, 4) is 0 Å². The first-order valence-electron chi connectivity index (χ1n) is 9.84. The van der Waals surface area contributed by atoms with Crippen LogP contribution in [0, 0.1) is 5.92 Å². The Morgan fingerprint density at radius 3 is 2.85 bits per heavy atom. The fourth-order valence-corrected chi connectivity index (χ4v) is 4.88. The number of hydrogen-bond acceptors (Lipinski definition) is 6. The number of thiazole rings is 1. The molecule has 1 amide bonds. The van der Waals surface area contributed by atoms with E-state index >= 15 is 0 Å². The van der Waals surface area contributed by atoms with E-state index in [1.54, 1.807) is 17.5 Å². The molecule has 144 valence electrons. The monoisotopic (exact) mass is 385 g/mol. The van der Waals surface area contributed by atoms with E-state index in [-0.39, 0.29) is 11.8 Å². The van der Waals surface area contributed by atoms with Crippen molar-refractivity contribution in [2.24, 2.45) is 5.92 Å². The van der Waals surface area contributed by atoms with Gasteiger partial charge in [0.1, 0.15) is 0 Å². The van der Waals surface area contributed by atoms with E-state index in [2.05, 4.69) is 25.1 Å². The first kappa shape index (κ1) is 18.4. The van der Waals surface area contributed by atoms with Gasteiger partial charge < -0.3 is 10.2 Å². The third kappa shape index (κ3) is 4.65. The van der Waals surface area contributed by atoms with Crippen molar-refractivity contribution in [1.82, 2.24) is 20.2 Å². The van der Waals surface area contributed by atoms with Crippen LogP contribution in [0.15, 0.2) is 36.1 Å². The fraction of sp³-hybridized carbons (Fsp3) is 0.550. The van der Waals surface area contributed by atoms with Gasteiger partial charge in [-0.25, -0.2) is 4.98 Å². The Morgan fingerprint density at radius 2 is 2.11 bits per heavy atom. The molecule has 1 N–H and O–H groups in total. The van der Waals surface area contributed by atoms with Crippen molar-refractivity contribution >= 4 is 22.4 Å². The number of carbonyl (C=O) groups is 1. The molecule has 2 aliphatic rings. The van der Waals surface area contributed by atoms with Crippen LogP contribution >= 0.6 is 11.3 Å². The van der Waals surface area contributed by atoms with Gasteiger partial charge >= 0.3 is 0 Å². The van der Waals surface area contributed by atoms with Crippen molar-refractivity contribution in [1.29, 1.82) is 0 Å². The summed E-state index contributed by atoms with van der Waals surface area (Å²) in [7, 11) is 0. The summed E-state index contributed by atoms with van der Waals surface area (Å²) in [4.78, 5) is 26.1. The molecule has 2 aromatic heterocycles. The molecule has 1 atom stereocenters. The van der Waals surface area contributed by atoms with Crippen molar-refractivity contribution in [2.75, 3.05) is 31.1 Å². The summed E-state index contributed by atoms with van der Waals surface area (Å²) >= 11 is 1.72. The van der Waals surface area contributed by atoms with Crippen molar-refractivity contribution in [2.45, 2.75) is 38.3 Å². The fourth-order valence-electron chi connectivity index (χ4n) is 4.18. The molecule has 6 nitrogen and oxygen atoms in total. The molecule has 0 spiro atoms. The van der Waals surface area contributed by atoms with Gasteiger partial charge in [-0.2, -0.15) is 0 Å². The molecule has 0 radical (unpaired) electrons. The second-order valence-corrected chi connectivity index (χ2v) is 8.32. The summed E-state index contributed by atoms with van der Waals surface area (Å²) in [5, 5.41) is 6.28. The number of aromatic nitrogens is 2. The predicted molar refractivity (Wildman–Crippen MR) is 108 cm³/mol. The number of nitrogens with zero attached hydrogens (tertiary/aromatic N) is 4. The Morgan fingerprint density at radius 1 is 1.22 bits per heavy atom. The minimum Gasteiger partial charge on any atom is -0.352 e. The number of anilines is 1. The molecule has 7 heteroatoms. The molecule has 0 aliphatic carbocycles. The number of piperidine rings is 2. The molecule has 0 unspecified atom stereocenters. The average molecular weight is 386 g/mol. The summed E-state index contributed by atoms with van der Waals surface area (Å²) < 4.78 is 0. The Balaban J connectivity index is 1.26. The maximum Gasteiger partial charge on any atom is 0.224 e. The number of nitrogens with one attached hydrogen (secondary N) is 1. The molecule has 2 saturated heterocycles.